The smallest absolute Gasteiger partial charge is 0.328 e. The number of carbonyl (C=O) groups excluding carboxylic acids is 1. The lowest BCUT2D eigenvalue weighted by atomic mass is 10.1. The average molecular weight is 295 g/mol. The van der Waals surface area contributed by atoms with Gasteiger partial charge < -0.3 is 19.9 Å². The number of carboxylic acid groups (broad SMARTS) is 1. The number of nitrogens with one attached hydrogen (secondary N) is 1. The first-order valence-electron chi connectivity index (χ1n) is 7.17. The fraction of sp³-hybridized carbons (Fsp3) is 0.600. The molecule has 2 unspecified atom stereocenters. The second-order valence-electron chi connectivity index (χ2n) is 5.75. The Labute approximate surface area is 123 Å². The molecular formula is C15H21NO5. The quantitative estimate of drug-likeness (QED) is 0.703. The van der Waals surface area contributed by atoms with Crippen LogP contribution >= 0.6 is 0 Å². The summed E-state index contributed by atoms with van der Waals surface area (Å²) in [5.74, 6) is 1.18. The Morgan fingerprint density at radius 3 is 2.67 bits per heavy atom. The molecule has 0 aliphatic heterocycles. The number of amides is 1. The van der Waals surface area contributed by atoms with Crippen molar-refractivity contribution in [3.8, 4) is 0 Å². The van der Waals surface area contributed by atoms with Crippen molar-refractivity contribution in [3.63, 3.8) is 0 Å². The molecule has 1 heterocycles. The molecular weight excluding hydrogens is 274 g/mol. The van der Waals surface area contributed by atoms with E-state index >= 15 is 0 Å². The third kappa shape index (κ3) is 4.07. The van der Waals surface area contributed by atoms with Crippen LogP contribution in [0.1, 0.15) is 44.1 Å². The number of aliphatic carboxylic acids is 1. The highest BCUT2D eigenvalue weighted by molar-refractivity contribution is 5.84. The Bertz CT molecular complexity index is 522. The van der Waals surface area contributed by atoms with Crippen LogP contribution in [-0.4, -0.2) is 34.2 Å². The SMILES string of the molecule is CC1CC1c1ccc(CCC(=O)N[C@H](C(=O)O)[C@@H](C)O)o1. The molecule has 1 amide bonds. The Kier molecular flexibility index (Phi) is 4.67. The van der Waals surface area contributed by atoms with Gasteiger partial charge in [0, 0.05) is 18.8 Å². The minimum atomic E-state index is -1.28. The van der Waals surface area contributed by atoms with Crippen LogP contribution < -0.4 is 5.32 Å². The first-order chi connectivity index (χ1) is 9.88. The van der Waals surface area contributed by atoms with Crippen LogP contribution in [0.4, 0.5) is 0 Å². The van der Waals surface area contributed by atoms with E-state index < -0.39 is 24.0 Å². The van der Waals surface area contributed by atoms with E-state index in [1.54, 1.807) is 0 Å². The van der Waals surface area contributed by atoms with E-state index in [1.165, 1.54) is 6.92 Å². The Hall–Kier alpha value is -1.82. The lowest BCUT2D eigenvalue weighted by molar-refractivity contribution is -0.144. The summed E-state index contributed by atoms with van der Waals surface area (Å²) in [6.07, 6.45) is 0.545. The van der Waals surface area contributed by atoms with Crippen molar-refractivity contribution < 1.29 is 24.2 Å². The highest BCUT2D eigenvalue weighted by atomic mass is 16.4. The second-order valence-corrected chi connectivity index (χ2v) is 5.75. The molecule has 1 aromatic heterocycles. The van der Waals surface area contributed by atoms with Crippen molar-refractivity contribution in [1.29, 1.82) is 0 Å². The second kappa shape index (κ2) is 6.30. The summed E-state index contributed by atoms with van der Waals surface area (Å²) < 4.78 is 5.68. The zero-order valence-electron chi connectivity index (χ0n) is 12.2. The van der Waals surface area contributed by atoms with Crippen LogP contribution in [0.2, 0.25) is 0 Å². The van der Waals surface area contributed by atoms with E-state index in [0.29, 0.717) is 18.3 Å². The van der Waals surface area contributed by atoms with Crippen LogP contribution in [0, 0.1) is 5.92 Å². The zero-order chi connectivity index (χ0) is 15.6. The number of aryl methyl sites for hydroxylation is 1. The number of furan rings is 1. The molecule has 116 valence electrons. The molecule has 0 saturated heterocycles. The number of aliphatic hydroxyl groups excluding tert-OH is 1. The van der Waals surface area contributed by atoms with E-state index in [-0.39, 0.29) is 6.42 Å². The molecule has 6 heteroatoms. The third-order valence-electron chi connectivity index (χ3n) is 3.82. The zero-order valence-corrected chi connectivity index (χ0v) is 12.2. The minimum Gasteiger partial charge on any atom is -0.480 e. The number of carboxylic acids is 1. The van der Waals surface area contributed by atoms with Gasteiger partial charge in [0.25, 0.3) is 0 Å². The van der Waals surface area contributed by atoms with Crippen LogP contribution in [0.15, 0.2) is 16.5 Å². The Morgan fingerprint density at radius 1 is 1.48 bits per heavy atom. The molecule has 2 rings (SSSR count). The summed E-state index contributed by atoms with van der Waals surface area (Å²) in [6, 6.07) is 2.52. The number of hydrogen-bond acceptors (Lipinski definition) is 4. The lowest BCUT2D eigenvalue weighted by Crippen LogP contribution is -2.47. The summed E-state index contributed by atoms with van der Waals surface area (Å²) >= 11 is 0. The molecule has 0 spiro atoms. The van der Waals surface area contributed by atoms with Gasteiger partial charge in [-0.15, -0.1) is 0 Å². The summed E-state index contributed by atoms with van der Waals surface area (Å²) in [7, 11) is 0. The normalized spacial score (nSPS) is 23.4. The monoisotopic (exact) mass is 295 g/mol. The molecule has 0 radical (unpaired) electrons. The Balaban J connectivity index is 1.80. The highest BCUT2D eigenvalue weighted by Gasteiger charge is 2.36. The molecule has 0 bridgehead atoms. The summed E-state index contributed by atoms with van der Waals surface area (Å²) in [5, 5.41) is 20.5. The van der Waals surface area contributed by atoms with E-state index in [2.05, 4.69) is 12.2 Å². The van der Waals surface area contributed by atoms with Gasteiger partial charge in [-0.3, -0.25) is 4.79 Å². The number of carbonyl (C=O) groups is 2. The van der Waals surface area contributed by atoms with E-state index in [1.807, 2.05) is 12.1 Å². The van der Waals surface area contributed by atoms with Gasteiger partial charge >= 0.3 is 5.97 Å². The van der Waals surface area contributed by atoms with Crippen molar-refractivity contribution in [3.05, 3.63) is 23.7 Å². The maximum absolute atomic E-state index is 11.7. The van der Waals surface area contributed by atoms with Gasteiger partial charge in [0.15, 0.2) is 6.04 Å². The van der Waals surface area contributed by atoms with Crippen molar-refractivity contribution in [2.45, 2.75) is 51.2 Å². The maximum Gasteiger partial charge on any atom is 0.328 e. The van der Waals surface area contributed by atoms with Gasteiger partial charge in [0.05, 0.1) is 6.10 Å². The predicted octanol–water partition coefficient (Wildman–Crippen LogP) is 1.29. The molecule has 1 aromatic rings. The van der Waals surface area contributed by atoms with Gasteiger partial charge in [0.2, 0.25) is 5.91 Å². The first-order valence-corrected chi connectivity index (χ1v) is 7.17. The largest absolute Gasteiger partial charge is 0.480 e. The van der Waals surface area contributed by atoms with E-state index in [4.69, 9.17) is 9.52 Å². The van der Waals surface area contributed by atoms with Crippen LogP contribution in [0.25, 0.3) is 0 Å². The van der Waals surface area contributed by atoms with Gasteiger partial charge in [-0.2, -0.15) is 0 Å². The maximum atomic E-state index is 11.7. The Morgan fingerprint density at radius 2 is 2.14 bits per heavy atom. The van der Waals surface area contributed by atoms with Gasteiger partial charge in [0.1, 0.15) is 11.5 Å². The summed E-state index contributed by atoms with van der Waals surface area (Å²) in [4.78, 5) is 22.6. The van der Waals surface area contributed by atoms with Crippen molar-refractivity contribution in [2.24, 2.45) is 5.92 Å². The summed E-state index contributed by atoms with van der Waals surface area (Å²) in [6.45, 7) is 3.50. The van der Waals surface area contributed by atoms with Crippen molar-refractivity contribution in [1.82, 2.24) is 5.32 Å². The molecule has 1 saturated carbocycles. The van der Waals surface area contributed by atoms with Gasteiger partial charge in [-0.1, -0.05) is 6.92 Å². The van der Waals surface area contributed by atoms with E-state index in [9.17, 15) is 14.7 Å². The predicted molar refractivity (Wildman–Crippen MR) is 74.8 cm³/mol. The molecule has 1 fully saturated rings. The van der Waals surface area contributed by atoms with Gasteiger partial charge in [-0.05, 0) is 31.4 Å². The third-order valence-corrected chi connectivity index (χ3v) is 3.82. The molecule has 1 aliphatic rings. The van der Waals surface area contributed by atoms with E-state index in [0.717, 1.165) is 17.9 Å². The molecule has 3 N–H and O–H groups in total. The molecule has 4 atom stereocenters. The highest BCUT2D eigenvalue weighted by Crippen LogP contribution is 2.47. The van der Waals surface area contributed by atoms with Crippen molar-refractivity contribution in [2.75, 3.05) is 0 Å². The first kappa shape index (κ1) is 15.6. The summed E-state index contributed by atoms with van der Waals surface area (Å²) in [5.41, 5.74) is 0. The minimum absolute atomic E-state index is 0.129. The fourth-order valence-corrected chi connectivity index (χ4v) is 2.32. The van der Waals surface area contributed by atoms with Gasteiger partial charge in [-0.25, -0.2) is 4.79 Å². The number of rotatable bonds is 7. The molecule has 6 nitrogen and oxygen atoms in total. The average Bonchev–Trinajstić information content (AvgIpc) is 2.96. The van der Waals surface area contributed by atoms with Crippen molar-refractivity contribution >= 4 is 11.9 Å². The molecule has 21 heavy (non-hydrogen) atoms. The topological polar surface area (TPSA) is 99.8 Å². The number of hydrogen-bond donors (Lipinski definition) is 3. The number of aliphatic hydroxyl groups is 1. The lowest BCUT2D eigenvalue weighted by Gasteiger charge is -2.16. The van der Waals surface area contributed by atoms with Crippen LogP contribution in [0.3, 0.4) is 0 Å². The molecule has 1 aliphatic carbocycles. The van der Waals surface area contributed by atoms with Crippen LogP contribution in [0.5, 0.6) is 0 Å². The fourth-order valence-electron chi connectivity index (χ4n) is 2.32. The van der Waals surface area contributed by atoms with Crippen LogP contribution in [-0.2, 0) is 16.0 Å². The standard InChI is InChI=1S/C15H21NO5/c1-8-7-11(8)12-5-3-10(21-12)4-6-13(18)16-14(9(2)17)15(19)20/h3,5,8-9,11,14,17H,4,6-7H2,1-2H3,(H,16,18)(H,19,20)/t8?,9-,11?,14+/m1/s1. The molecule has 0 aromatic carbocycles.